The smallest absolute Gasteiger partial charge is 0.353 e. The Morgan fingerprint density at radius 3 is 2.06 bits per heavy atom. The highest BCUT2D eigenvalue weighted by atomic mass is 32.2. The van der Waals surface area contributed by atoms with E-state index in [1.165, 1.54) is 44.2 Å². The lowest BCUT2D eigenvalue weighted by atomic mass is 9.54. The molecule has 4 bridgehead atoms. The summed E-state index contributed by atoms with van der Waals surface area (Å²) in [6.07, 6.45) is 2.05. The van der Waals surface area contributed by atoms with Gasteiger partial charge in [0.2, 0.25) is 15.9 Å². The summed E-state index contributed by atoms with van der Waals surface area (Å²) in [5, 5.41) is 3.29. The Kier molecular flexibility index (Phi) is 5.55. The average Bonchev–Trinajstić information content (AvgIpc) is 2.75. The number of benzene rings is 1. The van der Waals surface area contributed by atoms with Gasteiger partial charge in [-0.1, -0.05) is 12.1 Å². The van der Waals surface area contributed by atoms with Crippen LogP contribution in [0.3, 0.4) is 0 Å². The highest BCUT2D eigenvalue weighted by molar-refractivity contribution is 7.89. The molecule has 0 atom stereocenters. The van der Waals surface area contributed by atoms with Crippen molar-refractivity contribution in [1.82, 2.24) is 9.62 Å². The van der Waals surface area contributed by atoms with Gasteiger partial charge in [-0.25, -0.2) is 8.42 Å². The van der Waals surface area contributed by atoms with Crippen molar-refractivity contribution in [2.24, 2.45) is 29.6 Å². The Hall–Kier alpha value is -1.61. The van der Waals surface area contributed by atoms with Crippen LogP contribution < -0.4 is 5.32 Å². The van der Waals surface area contributed by atoms with Gasteiger partial charge in [-0.2, -0.15) is 17.5 Å². The van der Waals surface area contributed by atoms with Gasteiger partial charge in [0, 0.05) is 25.0 Å². The summed E-state index contributed by atoms with van der Waals surface area (Å²) in [6.45, 7) is 0.0998. The number of hydrogen-bond acceptors (Lipinski definition) is 3. The fourth-order valence-electron chi connectivity index (χ4n) is 6.87. The molecule has 0 spiro atoms. The van der Waals surface area contributed by atoms with Crippen LogP contribution >= 0.6 is 0 Å². The van der Waals surface area contributed by atoms with Crippen LogP contribution in [0.15, 0.2) is 29.2 Å². The van der Waals surface area contributed by atoms with Crippen molar-refractivity contribution in [3.05, 3.63) is 29.8 Å². The van der Waals surface area contributed by atoms with Crippen LogP contribution in [0.4, 0.5) is 13.2 Å². The van der Waals surface area contributed by atoms with Gasteiger partial charge in [0.25, 0.3) is 0 Å². The molecule has 176 valence electrons. The predicted molar refractivity (Wildman–Crippen MR) is 112 cm³/mol. The van der Waals surface area contributed by atoms with Crippen LogP contribution in [0.2, 0.25) is 0 Å². The van der Waals surface area contributed by atoms with E-state index in [1.807, 2.05) is 0 Å². The molecular weight excluding hydrogens is 441 g/mol. The van der Waals surface area contributed by atoms with Crippen molar-refractivity contribution >= 4 is 15.9 Å². The van der Waals surface area contributed by atoms with Gasteiger partial charge >= 0.3 is 6.18 Å². The highest BCUT2D eigenvalue weighted by Crippen LogP contribution is 2.53. The second-order valence-electron chi connectivity index (χ2n) is 10.1. The zero-order valence-electron chi connectivity index (χ0n) is 17.9. The van der Waals surface area contributed by atoms with Crippen LogP contribution in [0.25, 0.3) is 0 Å². The molecule has 32 heavy (non-hydrogen) atoms. The van der Waals surface area contributed by atoms with Crippen LogP contribution in [0.1, 0.15) is 50.5 Å². The topological polar surface area (TPSA) is 66.5 Å². The number of sulfonamides is 1. The molecule has 5 nitrogen and oxygen atoms in total. The third-order valence-corrected chi connectivity index (χ3v) is 10.1. The van der Waals surface area contributed by atoms with Crippen LogP contribution in [-0.2, 0) is 21.0 Å². The van der Waals surface area contributed by atoms with Crippen molar-refractivity contribution in [3.8, 4) is 0 Å². The first-order valence-electron chi connectivity index (χ1n) is 11.6. The van der Waals surface area contributed by atoms with E-state index in [2.05, 4.69) is 5.32 Å². The minimum absolute atomic E-state index is 0.0183. The first-order chi connectivity index (χ1) is 15.1. The lowest BCUT2D eigenvalue weighted by molar-refractivity contribution is -0.139. The molecule has 0 radical (unpaired) electrons. The Labute approximate surface area is 186 Å². The van der Waals surface area contributed by atoms with Gasteiger partial charge < -0.3 is 5.32 Å². The van der Waals surface area contributed by atoms with E-state index in [1.54, 1.807) is 0 Å². The van der Waals surface area contributed by atoms with E-state index in [0.29, 0.717) is 24.7 Å². The van der Waals surface area contributed by atoms with Crippen molar-refractivity contribution in [2.45, 2.75) is 62.1 Å². The number of alkyl halides is 3. The zero-order valence-corrected chi connectivity index (χ0v) is 18.7. The summed E-state index contributed by atoms with van der Waals surface area (Å²) in [5.74, 6) is 2.45. The molecule has 0 unspecified atom stereocenters. The molecule has 1 aromatic carbocycles. The van der Waals surface area contributed by atoms with E-state index >= 15 is 0 Å². The molecule has 4 saturated carbocycles. The molecular formula is C23H29F3N2O3S. The second-order valence-corrected chi connectivity index (χ2v) is 12.0. The van der Waals surface area contributed by atoms with E-state index in [9.17, 15) is 26.4 Å². The van der Waals surface area contributed by atoms with E-state index in [-0.39, 0.29) is 31.0 Å². The first-order valence-corrected chi connectivity index (χ1v) is 13.0. The zero-order chi connectivity index (χ0) is 22.7. The number of rotatable bonds is 4. The van der Waals surface area contributed by atoms with Crippen molar-refractivity contribution in [2.75, 3.05) is 13.1 Å². The maximum Gasteiger partial charge on any atom is 0.417 e. The largest absolute Gasteiger partial charge is 0.417 e. The monoisotopic (exact) mass is 470 g/mol. The number of hydrogen-bond donors (Lipinski definition) is 1. The molecule has 9 heteroatoms. The molecule has 5 aliphatic rings. The normalized spacial score (nSPS) is 33.4. The van der Waals surface area contributed by atoms with Crippen molar-refractivity contribution in [3.63, 3.8) is 0 Å². The molecule has 1 heterocycles. The molecule has 1 N–H and O–H groups in total. The first kappa shape index (κ1) is 22.2. The Morgan fingerprint density at radius 1 is 0.938 bits per heavy atom. The molecule has 6 rings (SSSR count). The predicted octanol–water partition coefficient (Wildman–Crippen LogP) is 4.05. The van der Waals surface area contributed by atoms with Gasteiger partial charge in [-0.3, -0.25) is 4.79 Å². The summed E-state index contributed by atoms with van der Waals surface area (Å²) < 4.78 is 66.9. The van der Waals surface area contributed by atoms with E-state index in [0.717, 1.165) is 28.3 Å². The Morgan fingerprint density at radius 2 is 1.50 bits per heavy atom. The van der Waals surface area contributed by atoms with Gasteiger partial charge in [-0.15, -0.1) is 0 Å². The minimum atomic E-state index is -4.75. The van der Waals surface area contributed by atoms with Crippen LogP contribution in [-0.4, -0.2) is 37.8 Å². The lowest BCUT2D eigenvalue weighted by Gasteiger charge is -2.54. The third-order valence-electron chi connectivity index (χ3n) is 8.17. The quantitative estimate of drug-likeness (QED) is 0.722. The summed E-state index contributed by atoms with van der Waals surface area (Å²) in [5.41, 5.74) is -1.15. The molecule has 1 aliphatic heterocycles. The Balaban J connectivity index is 1.22. The molecule has 1 saturated heterocycles. The van der Waals surface area contributed by atoms with Gasteiger partial charge in [0.05, 0.1) is 10.5 Å². The molecule has 1 amide bonds. The van der Waals surface area contributed by atoms with Crippen molar-refractivity contribution < 1.29 is 26.4 Å². The Bertz CT molecular complexity index is 958. The maximum absolute atomic E-state index is 13.3. The SMILES string of the molecule is O=C(NC1C2CC3CC(C2)CC1C3)C1CCN(S(=O)(=O)c2ccccc2C(F)(F)F)CC1. The number of halogens is 3. The number of nitrogens with zero attached hydrogens (tertiary/aromatic N) is 1. The molecule has 4 aliphatic carbocycles. The summed E-state index contributed by atoms with van der Waals surface area (Å²) in [6, 6.07) is 4.51. The number of nitrogens with one attached hydrogen (secondary N) is 1. The van der Waals surface area contributed by atoms with Crippen LogP contribution in [0, 0.1) is 29.6 Å². The standard InChI is InChI=1S/C23H29F3N2O3S/c24-23(25,26)19-3-1-2-4-20(19)32(30,31)28-7-5-16(6-8-28)22(29)27-21-17-10-14-9-15(12-17)13-18(21)11-14/h1-4,14-18,21H,5-13H2,(H,27,29). The minimum Gasteiger partial charge on any atom is -0.353 e. The van der Waals surface area contributed by atoms with Gasteiger partial charge in [-0.05, 0) is 80.8 Å². The molecule has 5 fully saturated rings. The highest BCUT2D eigenvalue weighted by Gasteiger charge is 2.49. The van der Waals surface area contributed by atoms with Gasteiger partial charge in [0.15, 0.2) is 0 Å². The summed E-state index contributed by atoms with van der Waals surface area (Å²) >= 11 is 0. The van der Waals surface area contributed by atoms with E-state index in [4.69, 9.17) is 0 Å². The number of amides is 1. The third kappa shape index (κ3) is 3.95. The average molecular weight is 471 g/mol. The molecule has 1 aromatic rings. The van der Waals surface area contributed by atoms with Crippen LogP contribution in [0.5, 0.6) is 0 Å². The summed E-state index contributed by atoms with van der Waals surface area (Å²) in [7, 11) is -4.28. The molecule has 0 aromatic heterocycles. The van der Waals surface area contributed by atoms with Crippen molar-refractivity contribution in [1.29, 1.82) is 0 Å². The van der Waals surface area contributed by atoms with Gasteiger partial charge in [0.1, 0.15) is 0 Å². The second kappa shape index (κ2) is 8.01. The lowest BCUT2D eigenvalue weighted by Crippen LogP contribution is -2.57. The summed E-state index contributed by atoms with van der Waals surface area (Å²) in [4.78, 5) is 12.3. The fraction of sp³-hybridized carbons (Fsp3) is 0.696. The number of carbonyl (C=O) groups is 1. The maximum atomic E-state index is 13.3. The number of carbonyl (C=O) groups excluding carboxylic acids is 1. The number of piperidine rings is 1. The fourth-order valence-corrected chi connectivity index (χ4v) is 8.55. The van der Waals surface area contributed by atoms with E-state index < -0.39 is 26.7 Å².